The van der Waals surface area contributed by atoms with Crippen LogP contribution in [0.3, 0.4) is 0 Å². The van der Waals surface area contributed by atoms with E-state index in [0.29, 0.717) is 5.25 Å². The number of hydrogen-bond acceptors (Lipinski definition) is 5. The van der Waals surface area contributed by atoms with Crippen LogP contribution in [-0.4, -0.2) is 28.6 Å². The molecule has 0 spiro atoms. The summed E-state index contributed by atoms with van der Waals surface area (Å²) in [6, 6.07) is 0. The summed E-state index contributed by atoms with van der Waals surface area (Å²) in [6.45, 7) is 6.76. The van der Waals surface area contributed by atoms with Gasteiger partial charge < -0.3 is 4.89 Å². The van der Waals surface area contributed by atoms with Gasteiger partial charge in [-0.2, -0.15) is 0 Å². The van der Waals surface area contributed by atoms with Gasteiger partial charge in [-0.3, -0.25) is 9.05 Å². The highest BCUT2D eigenvalue weighted by Gasteiger charge is 2.23. The van der Waals surface area contributed by atoms with Crippen molar-refractivity contribution in [3.8, 4) is 0 Å². The van der Waals surface area contributed by atoms with Crippen LogP contribution in [0.25, 0.3) is 0 Å². The molecule has 1 N–H and O–H groups in total. The summed E-state index contributed by atoms with van der Waals surface area (Å²) < 4.78 is 20.7. The predicted molar refractivity (Wildman–Crippen MR) is 88.1 cm³/mol. The first kappa shape index (κ1) is 18.6. The van der Waals surface area contributed by atoms with E-state index in [4.69, 9.17) is 4.52 Å². The molecule has 0 heterocycles. The quantitative estimate of drug-likeness (QED) is 0.426. The fraction of sp³-hybridized carbons (Fsp3) is 0.846. The molecule has 2 unspecified atom stereocenters. The zero-order valence-corrected chi connectivity index (χ0v) is 15.2. The molecule has 1 rings (SSSR count). The van der Waals surface area contributed by atoms with E-state index < -0.39 is 7.82 Å². The zero-order valence-electron chi connectivity index (χ0n) is 12.6. The first-order valence-corrected chi connectivity index (χ1v) is 10.5. The highest BCUT2D eigenvalue weighted by Crippen LogP contribution is 2.45. The molecule has 1 aliphatic carbocycles. The maximum atomic E-state index is 11.2. The molecule has 0 aromatic carbocycles. The summed E-state index contributed by atoms with van der Waals surface area (Å²) in [5.41, 5.74) is 1.33. The van der Waals surface area contributed by atoms with Crippen LogP contribution in [0.5, 0.6) is 0 Å². The molecule has 118 valence electrons. The SMILES string of the molecule is COP(=O)(O)OC/C=C1/CCCCC1SSC(C)(C)C. The van der Waals surface area contributed by atoms with Crippen molar-refractivity contribution in [1.29, 1.82) is 0 Å². The smallest absolute Gasteiger partial charge is 0.302 e. The molecule has 1 saturated carbocycles. The number of phosphoric acid groups is 1. The molecule has 0 aromatic heterocycles. The summed E-state index contributed by atoms with van der Waals surface area (Å²) in [5.74, 6) is 0. The lowest BCUT2D eigenvalue weighted by Gasteiger charge is -2.27. The van der Waals surface area contributed by atoms with Crippen LogP contribution in [0.4, 0.5) is 0 Å². The lowest BCUT2D eigenvalue weighted by atomic mass is 9.94. The van der Waals surface area contributed by atoms with Crippen molar-refractivity contribution in [2.75, 3.05) is 13.7 Å². The Morgan fingerprint density at radius 1 is 1.45 bits per heavy atom. The molecule has 0 aromatic rings. The first-order valence-electron chi connectivity index (χ1n) is 6.80. The molecule has 0 radical (unpaired) electrons. The Labute approximate surface area is 130 Å². The van der Waals surface area contributed by atoms with E-state index in [1.54, 1.807) is 0 Å². The molecule has 4 nitrogen and oxygen atoms in total. The maximum absolute atomic E-state index is 11.2. The molecular weight excluding hydrogens is 315 g/mol. The van der Waals surface area contributed by atoms with Gasteiger partial charge in [-0.1, -0.05) is 60.4 Å². The minimum atomic E-state index is -3.86. The van der Waals surface area contributed by atoms with Crippen LogP contribution < -0.4 is 0 Å². The van der Waals surface area contributed by atoms with Crippen LogP contribution in [0.2, 0.25) is 0 Å². The minimum absolute atomic E-state index is 0.133. The Morgan fingerprint density at radius 3 is 2.75 bits per heavy atom. The summed E-state index contributed by atoms with van der Waals surface area (Å²) in [4.78, 5) is 9.20. The molecule has 0 bridgehead atoms. The first-order chi connectivity index (χ1) is 9.23. The van der Waals surface area contributed by atoms with Gasteiger partial charge in [0.2, 0.25) is 0 Å². The molecule has 7 heteroatoms. The van der Waals surface area contributed by atoms with E-state index in [1.165, 1.54) is 31.9 Å². The van der Waals surface area contributed by atoms with Crippen LogP contribution in [0.15, 0.2) is 11.6 Å². The molecule has 20 heavy (non-hydrogen) atoms. The number of phosphoric ester groups is 1. The standard InChI is InChI=1S/C13H25O4PS2/c1-13(2,3)20-19-12-8-6-5-7-11(12)9-10-17-18(14,15)16-4/h9,12H,5-8,10H2,1-4H3,(H,14,15)/b11-9-. The Hall–Kier alpha value is 0.550. The summed E-state index contributed by atoms with van der Waals surface area (Å²) in [5, 5.41) is 0.484. The monoisotopic (exact) mass is 340 g/mol. The van der Waals surface area contributed by atoms with Crippen LogP contribution in [0, 0.1) is 0 Å². The van der Waals surface area contributed by atoms with Gasteiger partial charge in [0.15, 0.2) is 0 Å². The van der Waals surface area contributed by atoms with Gasteiger partial charge in [-0.05, 0) is 19.3 Å². The molecule has 0 amide bonds. The Balaban J connectivity index is 2.53. The van der Waals surface area contributed by atoms with Crippen LogP contribution in [0.1, 0.15) is 46.5 Å². The molecule has 0 saturated heterocycles. The normalized spacial score (nSPS) is 25.6. The number of hydrogen-bond donors (Lipinski definition) is 1. The van der Waals surface area contributed by atoms with Gasteiger partial charge in [-0.15, -0.1) is 0 Å². The minimum Gasteiger partial charge on any atom is -0.302 e. The average Bonchev–Trinajstić information content (AvgIpc) is 2.36. The highest BCUT2D eigenvalue weighted by molar-refractivity contribution is 8.77. The maximum Gasteiger partial charge on any atom is 0.472 e. The van der Waals surface area contributed by atoms with Gasteiger partial charge in [0.25, 0.3) is 0 Å². The van der Waals surface area contributed by atoms with Gasteiger partial charge in [0.05, 0.1) is 6.61 Å². The van der Waals surface area contributed by atoms with Crippen molar-refractivity contribution in [3.63, 3.8) is 0 Å². The highest BCUT2D eigenvalue weighted by atomic mass is 33.1. The van der Waals surface area contributed by atoms with Gasteiger partial charge in [-0.25, -0.2) is 4.57 Å². The molecule has 2 atom stereocenters. The molecular formula is C13H25O4PS2. The number of rotatable bonds is 6. The van der Waals surface area contributed by atoms with E-state index in [0.717, 1.165) is 6.42 Å². The van der Waals surface area contributed by atoms with Crippen molar-refractivity contribution >= 4 is 29.4 Å². The molecule has 1 fully saturated rings. The fourth-order valence-corrected chi connectivity index (χ4v) is 5.09. The second-order valence-corrected chi connectivity index (χ2v) is 10.5. The van der Waals surface area contributed by atoms with Crippen molar-refractivity contribution in [3.05, 3.63) is 11.6 Å². The second-order valence-electron chi connectivity index (χ2n) is 5.75. The summed E-state index contributed by atoms with van der Waals surface area (Å²) >= 11 is 0. The molecule has 0 aliphatic heterocycles. The summed E-state index contributed by atoms with van der Waals surface area (Å²) in [7, 11) is 1.11. The Bertz CT molecular complexity index is 379. The van der Waals surface area contributed by atoms with E-state index in [2.05, 4.69) is 25.3 Å². The second kappa shape index (κ2) is 8.25. The van der Waals surface area contributed by atoms with E-state index in [-0.39, 0.29) is 11.4 Å². The largest absolute Gasteiger partial charge is 0.472 e. The zero-order chi connectivity index (χ0) is 15.2. The van der Waals surface area contributed by atoms with Gasteiger partial charge in [0.1, 0.15) is 0 Å². The van der Waals surface area contributed by atoms with Crippen molar-refractivity contribution in [2.24, 2.45) is 0 Å². The lowest BCUT2D eigenvalue weighted by molar-refractivity contribution is 0.188. The predicted octanol–water partition coefficient (Wildman–Crippen LogP) is 4.80. The van der Waals surface area contributed by atoms with E-state index >= 15 is 0 Å². The van der Waals surface area contributed by atoms with Gasteiger partial charge in [0, 0.05) is 17.1 Å². The van der Waals surface area contributed by atoms with Crippen LogP contribution in [-0.2, 0) is 13.6 Å². The molecule has 1 aliphatic rings. The third kappa shape index (κ3) is 7.53. The fourth-order valence-electron chi connectivity index (χ4n) is 1.84. The van der Waals surface area contributed by atoms with Crippen molar-refractivity contribution in [2.45, 2.75) is 56.5 Å². The van der Waals surface area contributed by atoms with Gasteiger partial charge >= 0.3 is 7.82 Å². The lowest BCUT2D eigenvalue weighted by Crippen LogP contribution is -2.14. The van der Waals surface area contributed by atoms with Crippen molar-refractivity contribution in [1.82, 2.24) is 0 Å². The third-order valence-electron chi connectivity index (χ3n) is 2.82. The third-order valence-corrected chi connectivity index (χ3v) is 7.61. The summed E-state index contributed by atoms with van der Waals surface area (Å²) in [6.07, 6.45) is 6.60. The van der Waals surface area contributed by atoms with E-state index in [1.807, 2.05) is 27.7 Å². The van der Waals surface area contributed by atoms with Crippen LogP contribution >= 0.6 is 29.4 Å². The Kier molecular flexibility index (Phi) is 7.67. The van der Waals surface area contributed by atoms with E-state index in [9.17, 15) is 9.46 Å². The average molecular weight is 340 g/mol. The van der Waals surface area contributed by atoms with Crippen molar-refractivity contribution < 1.29 is 18.5 Å². The Morgan fingerprint density at radius 2 is 2.15 bits per heavy atom. The topological polar surface area (TPSA) is 55.8 Å².